The van der Waals surface area contributed by atoms with E-state index in [4.69, 9.17) is 14.8 Å². The predicted octanol–water partition coefficient (Wildman–Crippen LogP) is 12.4. The van der Waals surface area contributed by atoms with Crippen molar-refractivity contribution in [2.45, 2.75) is 238 Å². The Morgan fingerprint density at radius 1 is 0.615 bits per heavy atom. The van der Waals surface area contributed by atoms with Gasteiger partial charge in [-0.15, -0.1) is 0 Å². The molecule has 0 saturated heterocycles. The predicted molar refractivity (Wildman–Crippen MR) is 222 cm³/mol. The second-order valence-electron chi connectivity index (χ2n) is 15.3. The van der Waals surface area contributed by atoms with Crippen LogP contribution < -0.4 is 11.1 Å². The fourth-order valence-corrected chi connectivity index (χ4v) is 7.48. The van der Waals surface area contributed by atoms with Crippen LogP contribution >= 0.6 is 7.82 Å². The van der Waals surface area contributed by atoms with Crippen LogP contribution in [0.15, 0.2) is 12.2 Å². The number of rotatable bonds is 42. The van der Waals surface area contributed by atoms with E-state index < -0.39 is 20.0 Å². The number of aliphatic hydroxyl groups excluding tert-OH is 1. The van der Waals surface area contributed by atoms with Crippen molar-refractivity contribution in [3.63, 3.8) is 0 Å². The quantitative estimate of drug-likeness (QED) is 0.0277. The molecule has 3 atom stereocenters. The van der Waals surface area contributed by atoms with Crippen molar-refractivity contribution in [3.05, 3.63) is 12.2 Å². The number of nitrogens with one attached hydrogen (secondary N) is 1. The number of nitrogens with two attached hydrogens (primary N) is 1. The summed E-state index contributed by atoms with van der Waals surface area (Å²) in [4.78, 5) is 22.7. The van der Waals surface area contributed by atoms with Crippen LogP contribution in [-0.4, -0.2) is 47.8 Å². The fraction of sp³-hybridized carbons (Fsp3) is 0.930. The van der Waals surface area contributed by atoms with E-state index in [1.807, 2.05) is 6.08 Å². The Labute approximate surface area is 322 Å². The van der Waals surface area contributed by atoms with Gasteiger partial charge in [-0.3, -0.25) is 13.8 Å². The zero-order valence-corrected chi connectivity index (χ0v) is 35.2. The van der Waals surface area contributed by atoms with E-state index >= 15 is 0 Å². The minimum atomic E-state index is -4.33. The molecule has 0 radical (unpaired) electrons. The zero-order chi connectivity index (χ0) is 38.2. The van der Waals surface area contributed by atoms with Gasteiger partial charge in [0.1, 0.15) is 0 Å². The SMILES string of the molecule is CCCCCCCCCCC/C=C/C(O)C(COP(=O)(O)OCCN)NC(=O)CCCCCCCCCCCCCCCCCCCCCCCC. The Hall–Kier alpha value is -0.760. The van der Waals surface area contributed by atoms with Crippen molar-refractivity contribution in [1.82, 2.24) is 5.32 Å². The van der Waals surface area contributed by atoms with Gasteiger partial charge in [0.15, 0.2) is 0 Å². The summed E-state index contributed by atoms with van der Waals surface area (Å²) >= 11 is 0. The van der Waals surface area contributed by atoms with Crippen LogP contribution in [0.1, 0.15) is 226 Å². The molecule has 0 rings (SSSR count). The van der Waals surface area contributed by atoms with E-state index in [1.165, 1.54) is 167 Å². The maximum Gasteiger partial charge on any atom is 0.472 e. The van der Waals surface area contributed by atoms with E-state index in [2.05, 4.69) is 19.2 Å². The fourth-order valence-electron chi connectivity index (χ4n) is 6.72. The van der Waals surface area contributed by atoms with Gasteiger partial charge < -0.3 is 21.1 Å². The van der Waals surface area contributed by atoms with Crippen molar-refractivity contribution in [2.75, 3.05) is 19.8 Å². The number of carbonyl (C=O) groups excluding carboxylic acids is 1. The lowest BCUT2D eigenvalue weighted by molar-refractivity contribution is -0.123. The van der Waals surface area contributed by atoms with Gasteiger partial charge in [-0.25, -0.2) is 4.57 Å². The smallest absolute Gasteiger partial charge is 0.387 e. The highest BCUT2D eigenvalue weighted by atomic mass is 31.2. The molecule has 1 amide bonds. The van der Waals surface area contributed by atoms with Crippen LogP contribution in [0.3, 0.4) is 0 Å². The van der Waals surface area contributed by atoms with Gasteiger partial charge in [0.2, 0.25) is 5.91 Å². The lowest BCUT2D eigenvalue weighted by atomic mass is 10.0. The second-order valence-corrected chi connectivity index (χ2v) is 16.7. The average molecular weight is 759 g/mol. The molecule has 5 N–H and O–H groups in total. The first-order valence-corrected chi connectivity index (χ1v) is 23.8. The molecule has 0 aromatic carbocycles. The van der Waals surface area contributed by atoms with E-state index in [9.17, 15) is 19.4 Å². The van der Waals surface area contributed by atoms with Crippen molar-refractivity contribution in [1.29, 1.82) is 0 Å². The standard InChI is InChI=1S/C43H87N2O6P/c1-3-5-7-9-11-13-15-16-17-18-19-20-21-22-23-24-25-27-29-31-33-35-37-43(47)45-41(40-51-52(48,49)50-39-38-44)42(46)36-34-32-30-28-26-14-12-10-8-6-4-2/h34,36,41-42,46H,3-33,35,37-40,44H2,1-2H3,(H,45,47)(H,48,49)/b36-34+. The van der Waals surface area contributed by atoms with Crippen LogP contribution in [0.4, 0.5) is 0 Å². The maximum atomic E-state index is 12.7. The van der Waals surface area contributed by atoms with Gasteiger partial charge in [-0.1, -0.05) is 212 Å². The van der Waals surface area contributed by atoms with Gasteiger partial charge >= 0.3 is 7.82 Å². The molecule has 8 nitrogen and oxygen atoms in total. The highest BCUT2D eigenvalue weighted by molar-refractivity contribution is 7.47. The van der Waals surface area contributed by atoms with E-state index in [1.54, 1.807) is 6.08 Å². The van der Waals surface area contributed by atoms with Crippen molar-refractivity contribution >= 4 is 13.7 Å². The molecular weight excluding hydrogens is 671 g/mol. The second kappa shape index (κ2) is 39.9. The highest BCUT2D eigenvalue weighted by Gasteiger charge is 2.26. The summed E-state index contributed by atoms with van der Waals surface area (Å²) in [6.07, 6.45) is 44.1. The molecular formula is C43H87N2O6P. The summed E-state index contributed by atoms with van der Waals surface area (Å²) in [6, 6.07) is -0.853. The third-order valence-corrected chi connectivity index (χ3v) is 11.1. The first kappa shape index (κ1) is 51.2. The van der Waals surface area contributed by atoms with Gasteiger partial charge in [-0.2, -0.15) is 0 Å². The number of aliphatic hydroxyl groups is 1. The van der Waals surface area contributed by atoms with Crippen LogP contribution in [-0.2, 0) is 18.4 Å². The minimum absolute atomic E-state index is 0.0812. The molecule has 9 heteroatoms. The average Bonchev–Trinajstić information content (AvgIpc) is 3.13. The third kappa shape index (κ3) is 37.6. The summed E-state index contributed by atoms with van der Waals surface area (Å²) in [5.74, 6) is -0.191. The van der Waals surface area contributed by atoms with E-state index in [0.717, 1.165) is 38.5 Å². The summed E-state index contributed by atoms with van der Waals surface area (Å²) in [5, 5.41) is 13.6. The van der Waals surface area contributed by atoms with Gasteiger partial charge in [0.25, 0.3) is 0 Å². The zero-order valence-electron chi connectivity index (χ0n) is 34.3. The van der Waals surface area contributed by atoms with Crippen LogP contribution in [0.2, 0.25) is 0 Å². The molecule has 310 valence electrons. The number of carbonyl (C=O) groups is 1. The van der Waals surface area contributed by atoms with E-state index in [-0.39, 0.29) is 25.7 Å². The number of phosphoric acid groups is 1. The number of hydrogen-bond acceptors (Lipinski definition) is 6. The number of phosphoric ester groups is 1. The molecule has 0 bridgehead atoms. The van der Waals surface area contributed by atoms with E-state index in [0.29, 0.717) is 6.42 Å². The van der Waals surface area contributed by atoms with Gasteiger partial charge in [0.05, 0.1) is 25.4 Å². The molecule has 0 aromatic rings. The lowest BCUT2D eigenvalue weighted by Gasteiger charge is -2.23. The Morgan fingerprint density at radius 2 is 0.981 bits per heavy atom. The molecule has 0 aliphatic rings. The number of unbranched alkanes of at least 4 members (excludes halogenated alkanes) is 30. The highest BCUT2D eigenvalue weighted by Crippen LogP contribution is 2.43. The Kier molecular flexibility index (Phi) is 39.3. The number of allylic oxidation sites excluding steroid dienone is 1. The molecule has 3 unspecified atom stereocenters. The molecule has 52 heavy (non-hydrogen) atoms. The molecule has 0 aliphatic carbocycles. The third-order valence-electron chi connectivity index (χ3n) is 10.1. The molecule has 0 heterocycles. The Balaban J connectivity index is 4.04. The van der Waals surface area contributed by atoms with Crippen molar-refractivity contribution < 1.29 is 28.4 Å². The Morgan fingerprint density at radius 3 is 1.37 bits per heavy atom. The van der Waals surface area contributed by atoms with Gasteiger partial charge in [-0.05, 0) is 19.3 Å². The molecule has 0 spiro atoms. The van der Waals surface area contributed by atoms with Crippen LogP contribution in [0, 0.1) is 0 Å². The van der Waals surface area contributed by atoms with Crippen LogP contribution in [0.25, 0.3) is 0 Å². The largest absolute Gasteiger partial charge is 0.472 e. The first-order valence-electron chi connectivity index (χ1n) is 22.3. The lowest BCUT2D eigenvalue weighted by Crippen LogP contribution is -2.45. The Bertz CT molecular complexity index is 829. The summed E-state index contributed by atoms with van der Waals surface area (Å²) in [7, 11) is -4.33. The maximum absolute atomic E-state index is 12.7. The summed E-state index contributed by atoms with van der Waals surface area (Å²) in [5.41, 5.74) is 5.37. The molecule has 0 aromatic heterocycles. The molecule has 0 fully saturated rings. The van der Waals surface area contributed by atoms with Crippen LogP contribution in [0.5, 0.6) is 0 Å². The van der Waals surface area contributed by atoms with Crippen molar-refractivity contribution in [2.24, 2.45) is 5.73 Å². The normalized spacial score (nSPS) is 14.2. The van der Waals surface area contributed by atoms with Gasteiger partial charge in [0, 0.05) is 13.0 Å². The molecule has 0 saturated carbocycles. The monoisotopic (exact) mass is 759 g/mol. The summed E-state index contributed by atoms with van der Waals surface area (Å²) < 4.78 is 22.1. The minimum Gasteiger partial charge on any atom is -0.387 e. The molecule has 0 aliphatic heterocycles. The van der Waals surface area contributed by atoms with Crippen molar-refractivity contribution in [3.8, 4) is 0 Å². The summed E-state index contributed by atoms with van der Waals surface area (Å²) in [6.45, 7) is 4.14. The number of amides is 1. The number of hydrogen-bond donors (Lipinski definition) is 4. The topological polar surface area (TPSA) is 131 Å². The first-order chi connectivity index (χ1) is 25.4.